The van der Waals surface area contributed by atoms with Gasteiger partial charge in [0.05, 0.1) is 11.9 Å². The Morgan fingerprint density at radius 2 is 2.00 bits per heavy atom. The molecule has 1 aliphatic heterocycles. The van der Waals surface area contributed by atoms with E-state index in [1.54, 1.807) is 0 Å². The summed E-state index contributed by atoms with van der Waals surface area (Å²) in [6.45, 7) is 6.30. The highest BCUT2D eigenvalue weighted by molar-refractivity contribution is 6.24. The molecule has 1 aromatic rings. The lowest BCUT2D eigenvalue weighted by Crippen LogP contribution is -1.97. The van der Waals surface area contributed by atoms with E-state index in [4.69, 9.17) is 0 Å². The smallest absolute Gasteiger partial charge is 0.0694 e. The van der Waals surface area contributed by atoms with E-state index in [2.05, 4.69) is 42.6 Å². The van der Waals surface area contributed by atoms with Crippen LogP contribution in [-0.2, 0) is 6.42 Å². The van der Waals surface area contributed by atoms with Gasteiger partial charge in [-0.3, -0.25) is 0 Å². The summed E-state index contributed by atoms with van der Waals surface area (Å²) in [5.41, 5.74) is 10.0. The van der Waals surface area contributed by atoms with E-state index >= 15 is 0 Å². The summed E-state index contributed by atoms with van der Waals surface area (Å²) in [6.07, 6.45) is 2.91. The van der Waals surface area contributed by atoms with E-state index in [0.717, 1.165) is 17.7 Å². The Labute approximate surface area is 90.7 Å². The summed E-state index contributed by atoms with van der Waals surface area (Å²) < 4.78 is 0. The fraction of sp³-hybridized carbons (Fsp3) is 0.308. The topological polar surface area (TPSA) is 26.5 Å². The molecule has 77 valence electrons. The first kappa shape index (κ1) is 9.97. The third kappa shape index (κ3) is 1.80. The maximum atomic E-state index is 4.04. The van der Waals surface area contributed by atoms with Crippen molar-refractivity contribution < 1.29 is 0 Å². The number of allylic oxidation sites excluding steroid dienone is 1. The Kier molecular flexibility index (Phi) is 2.58. The highest BCUT2D eigenvalue weighted by Crippen LogP contribution is 2.24. The molecular weight excluding hydrogens is 184 g/mol. The van der Waals surface area contributed by atoms with Crippen molar-refractivity contribution in [2.45, 2.75) is 27.2 Å². The van der Waals surface area contributed by atoms with Crippen LogP contribution in [0.2, 0.25) is 0 Å². The minimum absolute atomic E-state index is 1.01. The highest BCUT2D eigenvalue weighted by atomic mass is 15.3. The zero-order chi connectivity index (χ0) is 10.8. The van der Waals surface area contributed by atoms with Gasteiger partial charge in [-0.25, -0.2) is 0 Å². The van der Waals surface area contributed by atoms with Crippen molar-refractivity contribution in [1.29, 1.82) is 0 Å². The Balaban J connectivity index is 2.47. The molecule has 0 aliphatic carbocycles. The molecule has 0 aromatic heterocycles. The van der Waals surface area contributed by atoms with E-state index in [1.165, 1.54) is 16.7 Å². The molecule has 2 nitrogen and oxygen atoms in total. The Morgan fingerprint density at radius 1 is 1.20 bits per heavy atom. The molecule has 0 bridgehead atoms. The van der Waals surface area contributed by atoms with E-state index in [-0.39, 0.29) is 0 Å². The molecule has 0 fully saturated rings. The average Bonchev–Trinajstić information content (AvgIpc) is 2.65. The summed E-state index contributed by atoms with van der Waals surface area (Å²) in [7, 11) is 0. The summed E-state index contributed by atoms with van der Waals surface area (Å²) in [5, 5.41) is 4.04. The average molecular weight is 199 g/mol. The quantitative estimate of drug-likeness (QED) is 0.700. The maximum absolute atomic E-state index is 4.04. The molecule has 1 radical (unpaired) electrons. The molecule has 0 saturated carbocycles. The van der Waals surface area contributed by atoms with Crippen LogP contribution in [0.5, 0.6) is 0 Å². The standard InChI is InChI=1S/C13H15N2/c1-4-11-6-5-9(2)12(7-11)13-8-14-15-10(13)3/h5-8H,4H2,1-3H3. The lowest BCUT2D eigenvalue weighted by atomic mass is 9.96. The molecule has 0 N–H and O–H groups in total. The van der Waals surface area contributed by atoms with Gasteiger partial charge in [0.2, 0.25) is 0 Å². The third-order valence-electron chi connectivity index (χ3n) is 2.78. The SMILES string of the molecule is CCc1ccc(C)c(C2=C[N]N=C2C)c1. The van der Waals surface area contributed by atoms with Gasteiger partial charge in [0, 0.05) is 5.57 Å². The van der Waals surface area contributed by atoms with Gasteiger partial charge in [0.1, 0.15) is 0 Å². The molecule has 0 spiro atoms. The Bertz CT molecular complexity index is 442. The first-order valence-corrected chi connectivity index (χ1v) is 5.27. The molecule has 0 saturated heterocycles. The molecule has 1 heterocycles. The van der Waals surface area contributed by atoms with Crippen molar-refractivity contribution in [1.82, 2.24) is 5.43 Å². The largest absolute Gasteiger partial charge is 0.158 e. The fourth-order valence-corrected chi connectivity index (χ4v) is 1.76. The molecule has 15 heavy (non-hydrogen) atoms. The molecule has 1 aromatic carbocycles. The van der Waals surface area contributed by atoms with Crippen LogP contribution >= 0.6 is 0 Å². The first-order chi connectivity index (χ1) is 7.22. The molecule has 2 rings (SSSR count). The summed E-state index contributed by atoms with van der Waals surface area (Å²) in [4.78, 5) is 0. The second kappa shape index (κ2) is 3.89. The maximum Gasteiger partial charge on any atom is 0.0694 e. The molecule has 1 aliphatic rings. The second-order valence-corrected chi connectivity index (χ2v) is 3.85. The predicted octanol–water partition coefficient (Wildman–Crippen LogP) is 2.89. The summed E-state index contributed by atoms with van der Waals surface area (Å²) in [5.74, 6) is 0. The van der Waals surface area contributed by atoms with Crippen molar-refractivity contribution >= 4 is 11.3 Å². The van der Waals surface area contributed by atoms with Crippen molar-refractivity contribution in [3.8, 4) is 0 Å². The van der Waals surface area contributed by atoms with Crippen molar-refractivity contribution in [3.05, 3.63) is 41.1 Å². The molecule has 0 unspecified atom stereocenters. The van der Waals surface area contributed by atoms with Gasteiger partial charge in [-0.15, -0.1) is 0 Å². The lowest BCUT2D eigenvalue weighted by Gasteiger charge is -2.08. The predicted molar refractivity (Wildman–Crippen MR) is 63.8 cm³/mol. The van der Waals surface area contributed by atoms with Crippen LogP contribution < -0.4 is 5.43 Å². The minimum atomic E-state index is 1.01. The van der Waals surface area contributed by atoms with E-state index in [0.29, 0.717) is 0 Å². The summed E-state index contributed by atoms with van der Waals surface area (Å²) >= 11 is 0. The van der Waals surface area contributed by atoms with Crippen molar-refractivity contribution in [3.63, 3.8) is 0 Å². The van der Waals surface area contributed by atoms with Crippen molar-refractivity contribution in [2.24, 2.45) is 5.10 Å². The van der Waals surface area contributed by atoms with E-state index in [9.17, 15) is 0 Å². The molecule has 0 atom stereocenters. The van der Waals surface area contributed by atoms with Crippen molar-refractivity contribution in [2.75, 3.05) is 0 Å². The molecular formula is C13H15N2. The normalized spacial score (nSPS) is 14.6. The van der Waals surface area contributed by atoms with E-state index < -0.39 is 0 Å². The third-order valence-corrected chi connectivity index (χ3v) is 2.78. The fourth-order valence-electron chi connectivity index (χ4n) is 1.76. The van der Waals surface area contributed by atoms with Gasteiger partial charge in [-0.2, -0.15) is 10.5 Å². The van der Waals surface area contributed by atoms with E-state index in [1.807, 2.05) is 13.1 Å². The number of aryl methyl sites for hydroxylation is 2. The van der Waals surface area contributed by atoms with Crippen LogP contribution in [0.1, 0.15) is 30.5 Å². The zero-order valence-electron chi connectivity index (χ0n) is 9.41. The van der Waals surface area contributed by atoms with Gasteiger partial charge in [0.15, 0.2) is 0 Å². The lowest BCUT2D eigenvalue weighted by molar-refractivity contribution is 0.971. The van der Waals surface area contributed by atoms with Gasteiger partial charge in [-0.05, 0) is 37.0 Å². The van der Waals surface area contributed by atoms with Crippen LogP contribution in [0.15, 0.2) is 29.5 Å². The van der Waals surface area contributed by atoms with Gasteiger partial charge in [-0.1, -0.05) is 25.1 Å². The number of hydrogen-bond donors (Lipinski definition) is 0. The number of rotatable bonds is 2. The van der Waals surface area contributed by atoms with Crippen LogP contribution in [0, 0.1) is 6.92 Å². The van der Waals surface area contributed by atoms with Crippen LogP contribution in [0.3, 0.4) is 0 Å². The Hall–Kier alpha value is -1.57. The van der Waals surface area contributed by atoms with Gasteiger partial charge in [0.25, 0.3) is 0 Å². The number of nitrogens with zero attached hydrogens (tertiary/aromatic N) is 2. The monoisotopic (exact) mass is 199 g/mol. The van der Waals surface area contributed by atoms with Crippen LogP contribution in [-0.4, -0.2) is 5.71 Å². The zero-order valence-corrected chi connectivity index (χ0v) is 9.41. The number of hydrogen-bond acceptors (Lipinski definition) is 1. The Morgan fingerprint density at radius 3 is 2.60 bits per heavy atom. The van der Waals surface area contributed by atoms with Crippen LogP contribution in [0.4, 0.5) is 0 Å². The van der Waals surface area contributed by atoms with Gasteiger partial charge >= 0.3 is 0 Å². The molecule has 2 heteroatoms. The highest BCUT2D eigenvalue weighted by Gasteiger charge is 2.13. The molecule has 0 amide bonds. The number of benzene rings is 1. The van der Waals surface area contributed by atoms with Crippen LogP contribution in [0.25, 0.3) is 5.57 Å². The van der Waals surface area contributed by atoms with Gasteiger partial charge < -0.3 is 0 Å². The second-order valence-electron chi connectivity index (χ2n) is 3.85. The minimum Gasteiger partial charge on any atom is -0.158 e. The summed E-state index contributed by atoms with van der Waals surface area (Å²) in [6, 6.07) is 6.58. The first-order valence-electron chi connectivity index (χ1n) is 5.27.